The van der Waals surface area contributed by atoms with E-state index in [1.807, 2.05) is 66.1 Å². The van der Waals surface area contributed by atoms with E-state index in [4.69, 9.17) is 14.5 Å². The van der Waals surface area contributed by atoms with Crippen molar-refractivity contribution in [3.05, 3.63) is 42.0 Å². The van der Waals surface area contributed by atoms with Crippen molar-refractivity contribution in [1.82, 2.24) is 9.97 Å². The number of hydrogen-bond donors (Lipinski definition) is 0. The maximum Gasteiger partial charge on any atom is 0.340 e. The van der Waals surface area contributed by atoms with Gasteiger partial charge in [0.2, 0.25) is 0 Å². The van der Waals surface area contributed by atoms with Crippen LogP contribution in [0.4, 0.5) is 5.69 Å². The van der Waals surface area contributed by atoms with Gasteiger partial charge in [-0.15, -0.1) is 0 Å². The Morgan fingerprint density at radius 3 is 2.36 bits per heavy atom. The highest BCUT2D eigenvalue weighted by molar-refractivity contribution is 5.86. The average Bonchev–Trinajstić information content (AvgIpc) is 2.71. The molecule has 0 aromatic carbocycles. The molecule has 0 N–H and O–H groups in total. The van der Waals surface area contributed by atoms with Gasteiger partial charge in [0.15, 0.2) is 6.10 Å². The van der Waals surface area contributed by atoms with Crippen LogP contribution in [-0.4, -0.2) is 40.7 Å². The second-order valence-electron chi connectivity index (χ2n) is 11.0. The Morgan fingerprint density at radius 2 is 1.82 bits per heavy atom. The maximum absolute atomic E-state index is 13.4. The van der Waals surface area contributed by atoms with E-state index in [-0.39, 0.29) is 12.1 Å². The fraction of sp³-hybridized carbons (Fsp3) is 0.593. The van der Waals surface area contributed by atoms with Crippen LogP contribution in [0.3, 0.4) is 0 Å². The molecule has 3 rings (SSSR count). The lowest BCUT2D eigenvalue weighted by Crippen LogP contribution is -2.39. The minimum atomic E-state index is -0.874. The summed E-state index contributed by atoms with van der Waals surface area (Å²) in [5.41, 5.74) is 4.25. The molecule has 0 bridgehead atoms. The van der Waals surface area contributed by atoms with Crippen molar-refractivity contribution in [1.29, 1.82) is 0 Å². The SMILES string of the molecule is Cc1ncc(-c2cccnc2)c(N2CCC(C)(C)CC2)c1[C@H](OC(C)(C)C)C(=O)OC(C)C. The van der Waals surface area contributed by atoms with Crippen molar-refractivity contribution < 1.29 is 14.3 Å². The molecule has 2 aromatic heterocycles. The molecule has 1 aliphatic heterocycles. The van der Waals surface area contributed by atoms with E-state index in [0.717, 1.165) is 54.0 Å². The Balaban J connectivity index is 2.22. The third kappa shape index (κ3) is 6.32. The van der Waals surface area contributed by atoms with E-state index >= 15 is 0 Å². The Morgan fingerprint density at radius 1 is 1.15 bits per heavy atom. The first-order chi connectivity index (χ1) is 15.4. The summed E-state index contributed by atoms with van der Waals surface area (Å²) >= 11 is 0. The number of rotatable bonds is 6. The number of pyridine rings is 2. The van der Waals surface area contributed by atoms with Gasteiger partial charge in [0.05, 0.1) is 17.4 Å². The van der Waals surface area contributed by atoms with Crippen LogP contribution in [0.25, 0.3) is 11.1 Å². The highest BCUT2D eigenvalue weighted by Gasteiger charge is 2.37. The molecule has 1 aliphatic rings. The monoisotopic (exact) mass is 453 g/mol. The molecule has 3 heterocycles. The van der Waals surface area contributed by atoms with Gasteiger partial charge in [0.25, 0.3) is 0 Å². The number of carbonyl (C=O) groups is 1. The molecule has 6 nitrogen and oxygen atoms in total. The second-order valence-corrected chi connectivity index (χ2v) is 11.0. The largest absolute Gasteiger partial charge is 0.461 e. The van der Waals surface area contributed by atoms with E-state index in [0.29, 0.717) is 5.41 Å². The molecule has 0 saturated carbocycles. The zero-order valence-electron chi connectivity index (χ0n) is 21.4. The molecule has 0 unspecified atom stereocenters. The summed E-state index contributed by atoms with van der Waals surface area (Å²) in [4.78, 5) is 24.8. The minimum Gasteiger partial charge on any atom is -0.461 e. The predicted molar refractivity (Wildman–Crippen MR) is 132 cm³/mol. The zero-order chi connectivity index (χ0) is 24.4. The summed E-state index contributed by atoms with van der Waals surface area (Å²) in [5.74, 6) is -0.383. The van der Waals surface area contributed by atoms with Gasteiger partial charge in [0, 0.05) is 54.1 Å². The molecular weight excluding hydrogens is 414 g/mol. The normalized spacial score (nSPS) is 17.2. The van der Waals surface area contributed by atoms with Crippen LogP contribution in [0.5, 0.6) is 0 Å². The molecule has 1 saturated heterocycles. The average molecular weight is 454 g/mol. The van der Waals surface area contributed by atoms with Gasteiger partial charge in [-0.05, 0) is 65.9 Å². The Labute approximate surface area is 198 Å². The Kier molecular flexibility index (Phi) is 7.47. The van der Waals surface area contributed by atoms with E-state index in [2.05, 4.69) is 23.7 Å². The Hall–Kier alpha value is -2.47. The third-order valence-electron chi connectivity index (χ3n) is 5.99. The molecule has 6 heteroatoms. The lowest BCUT2D eigenvalue weighted by atomic mass is 9.82. The lowest BCUT2D eigenvalue weighted by Gasteiger charge is -2.41. The van der Waals surface area contributed by atoms with Crippen molar-refractivity contribution in [3.63, 3.8) is 0 Å². The van der Waals surface area contributed by atoms with Crippen molar-refractivity contribution in [2.45, 2.75) is 86.0 Å². The van der Waals surface area contributed by atoms with Crippen LogP contribution in [-0.2, 0) is 14.3 Å². The number of ether oxygens (including phenoxy) is 2. The molecule has 0 spiro atoms. The van der Waals surface area contributed by atoms with Crippen LogP contribution in [0.15, 0.2) is 30.7 Å². The fourth-order valence-electron chi connectivity index (χ4n) is 4.20. The van der Waals surface area contributed by atoms with Crippen LogP contribution in [0, 0.1) is 12.3 Å². The number of anilines is 1. The number of aromatic nitrogens is 2. The second kappa shape index (κ2) is 9.80. The van der Waals surface area contributed by atoms with Gasteiger partial charge < -0.3 is 14.4 Å². The number of hydrogen-bond acceptors (Lipinski definition) is 6. The van der Waals surface area contributed by atoms with E-state index in [9.17, 15) is 4.79 Å². The molecule has 0 amide bonds. The number of esters is 1. The van der Waals surface area contributed by atoms with Gasteiger partial charge in [-0.1, -0.05) is 19.9 Å². The molecule has 2 aromatic rings. The summed E-state index contributed by atoms with van der Waals surface area (Å²) in [6.45, 7) is 18.0. The number of piperidine rings is 1. The molecule has 180 valence electrons. The van der Waals surface area contributed by atoms with E-state index in [1.54, 1.807) is 6.20 Å². The van der Waals surface area contributed by atoms with Gasteiger partial charge in [-0.2, -0.15) is 0 Å². The third-order valence-corrected chi connectivity index (χ3v) is 5.99. The van der Waals surface area contributed by atoms with Gasteiger partial charge in [-0.25, -0.2) is 4.79 Å². The highest BCUT2D eigenvalue weighted by atomic mass is 16.6. The fourth-order valence-corrected chi connectivity index (χ4v) is 4.20. The van der Waals surface area contributed by atoms with Gasteiger partial charge in [-0.3, -0.25) is 9.97 Å². The smallest absolute Gasteiger partial charge is 0.340 e. The van der Waals surface area contributed by atoms with E-state index < -0.39 is 11.7 Å². The molecule has 0 aliphatic carbocycles. The zero-order valence-corrected chi connectivity index (χ0v) is 21.4. The maximum atomic E-state index is 13.4. The van der Waals surface area contributed by atoms with Gasteiger partial charge in [0.1, 0.15) is 0 Å². The van der Waals surface area contributed by atoms with Crippen molar-refractivity contribution in [2.24, 2.45) is 5.41 Å². The standard InChI is InChI=1S/C27H39N3O3/c1-18(2)32-25(31)24(33-26(4,5)6)22-19(3)29-17-21(20-10-9-13-28-16-20)23(22)30-14-11-27(7,8)12-15-30/h9-10,13,16-18,24H,11-12,14-15H2,1-8H3/t24-/m0/s1. The topological polar surface area (TPSA) is 64.5 Å². The quantitative estimate of drug-likeness (QED) is 0.509. The number of aryl methyl sites for hydroxylation is 1. The summed E-state index contributed by atoms with van der Waals surface area (Å²) in [6.07, 6.45) is 6.54. The van der Waals surface area contributed by atoms with Crippen LogP contribution in [0.2, 0.25) is 0 Å². The van der Waals surface area contributed by atoms with Gasteiger partial charge >= 0.3 is 5.97 Å². The highest BCUT2D eigenvalue weighted by Crippen LogP contribution is 2.43. The van der Waals surface area contributed by atoms with E-state index in [1.165, 1.54) is 0 Å². The summed E-state index contributed by atoms with van der Waals surface area (Å²) in [5, 5.41) is 0. The first kappa shape index (κ1) is 25.2. The number of carbonyl (C=O) groups excluding carboxylic acids is 1. The molecule has 1 fully saturated rings. The molecular formula is C27H39N3O3. The minimum absolute atomic E-state index is 0.238. The first-order valence-electron chi connectivity index (χ1n) is 11.9. The molecule has 1 atom stereocenters. The Bertz CT molecular complexity index is 955. The summed E-state index contributed by atoms with van der Waals surface area (Å²) in [6, 6.07) is 3.96. The van der Waals surface area contributed by atoms with Crippen LogP contribution < -0.4 is 4.90 Å². The molecule has 33 heavy (non-hydrogen) atoms. The lowest BCUT2D eigenvalue weighted by molar-refractivity contribution is -0.171. The number of nitrogens with zero attached hydrogens (tertiary/aromatic N) is 3. The summed E-state index contributed by atoms with van der Waals surface area (Å²) in [7, 11) is 0. The molecule has 0 radical (unpaired) electrons. The van der Waals surface area contributed by atoms with Crippen molar-refractivity contribution >= 4 is 11.7 Å². The first-order valence-corrected chi connectivity index (χ1v) is 11.9. The van der Waals surface area contributed by atoms with Crippen molar-refractivity contribution in [2.75, 3.05) is 18.0 Å². The summed E-state index contributed by atoms with van der Waals surface area (Å²) < 4.78 is 12.0. The van der Waals surface area contributed by atoms with Crippen LogP contribution >= 0.6 is 0 Å². The van der Waals surface area contributed by atoms with Crippen molar-refractivity contribution in [3.8, 4) is 11.1 Å². The predicted octanol–water partition coefficient (Wildman–Crippen LogP) is 5.89. The van der Waals surface area contributed by atoms with Crippen LogP contribution in [0.1, 0.15) is 78.7 Å².